The number of rotatable bonds is 8. The predicted molar refractivity (Wildman–Crippen MR) is 128 cm³/mol. The predicted octanol–water partition coefficient (Wildman–Crippen LogP) is 8.00. The Morgan fingerprint density at radius 3 is 1.57 bits per heavy atom. The number of halogens is 4. The first-order valence-corrected chi connectivity index (χ1v) is 11.2. The molecular weight excluding hydrogens is 456 g/mol. The molecule has 0 amide bonds. The van der Waals surface area contributed by atoms with Crippen LogP contribution in [0.3, 0.4) is 0 Å². The smallest absolute Gasteiger partial charge is 0.167 e. The van der Waals surface area contributed by atoms with Crippen LogP contribution in [0.2, 0.25) is 0 Å². The van der Waals surface area contributed by atoms with Crippen molar-refractivity contribution >= 4 is 0 Å². The molecule has 6 heteroatoms. The van der Waals surface area contributed by atoms with E-state index in [-0.39, 0.29) is 35.5 Å². The zero-order valence-electron chi connectivity index (χ0n) is 19.4. The van der Waals surface area contributed by atoms with Crippen LogP contribution in [0.4, 0.5) is 17.6 Å². The normalized spacial score (nSPS) is 11.0. The number of hydrogen-bond acceptors (Lipinski definition) is 2. The standard InChI is InChI=1S/C29H24F4O2/c1-3-34-16-21-10-14-25(28(32)26(21)30)20-8-12-23(13-9-20)35-17-22-11-15-24(29(33)27(22)31)19-6-4-18(2)5-7-19/h4-15H,3,16-17H2,1-2H3. The van der Waals surface area contributed by atoms with Gasteiger partial charge in [-0.3, -0.25) is 0 Å². The maximum absolute atomic E-state index is 14.7. The number of ether oxygens (including phenoxy) is 2. The van der Waals surface area contributed by atoms with Gasteiger partial charge in [0.05, 0.1) is 6.61 Å². The van der Waals surface area contributed by atoms with Crippen LogP contribution in [0, 0.1) is 30.2 Å². The highest BCUT2D eigenvalue weighted by atomic mass is 19.2. The molecule has 0 aliphatic rings. The summed E-state index contributed by atoms with van der Waals surface area (Å²) in [6, 6.07) is 19.4. The molecule has 0 aliphatic carbocycles. The van der Waals surface area contributed by atoms with Gasteiger partial charge >= 0.3 is 0 Å². The van der Waals surface area contributed by atoms with Crippen molar-refractivity contribution in [2.45, 2.75) is 27.1 Å². The van der Waals surface area contributed by atoms with Gasteiger partial charge in [0.25, 0.3) is 0 Å². The van der Waals surface area contributed by atoms with Gasteiger partial charge in [0, 0.05) is 28.9 Å². The zero-order valence-corrected chi connectivity index (χ0v) is 19.4. The molecule has 0 heterocycles. The Hall–Kier alpha value is -3.64. The number of aryl methyl sites for hydroxylation is 1. The molecule has 0 saturated carbocycles. The first-order valence-electron chi connectivity index (χ1n) is 11.2. The lowest BCUT2D eigenvalue weighted by Gasteiger charge is -2.12. The highest BCUT2D eigenvalue weighted by Gasteiger charge is 2.17. The second kappa shape index (κ2) is 10.7. The molecule has 35 heavy (non-hydrogen) atoms. The summed E-state index contributed by atoms with van der Waals surface area (Å²) < 4.78 is 69.0. The maximum atomic E-state index is 14.7. The van der Waals surface area contributed by atoms with Gasteiger partial charge in [-0.25, -0.2) is 17.6 Å². The number of benzene rings is 4. The van der Waals surface area contributed by atoms with Crippen LogP contribution in [-0.4, -0.2) is 6.61 Å². The summed E-state index contributed by atoms with van der Waals surface area (Å²) in [6.07, 6.45) is 0. The van der Waals surface area contributed by atoms with Crippen LogP contribution in [0.25, 0.3) is 22.3 Å². The van der Waals surface area contributed by atoms with Crippen LogP contribution >= 0.6 is 0 Å². The molecule has 0 unspecified atom stereocenters. The average molecular weight is 481 g/mol. The molecule has 0 radical (unpaired) electrons. The fourth-order valence-electron chi connectivity index (χ4n) is 3.68. The summed E-state index contributed by atoms with van der Waals surface area (Å²) in [5, 5.41) is 0. The Balaban J connectivity index is 1.47. The Labute approximate surface area is 201 Å². The van der Waals surface area contributed by atoms with Gasteiger partial charge in [-0.1, -0.05) is 66.2 Å². The third kappa shape index (κ3) is 5.38. The molecule has 0 bridgehead atoms. The topological polar surface area (TPSA) is 18.5 Å². The summed E-state index contributed by atoms with van der Waals surface area (Å²) in [7, 11) is 0. The molecule has 4 aromatic rings. The molecule has 0 atom stereocenters. The molecule has 2 nitrogen and oxygen atoms in total. The quantitative estimate of drug-likeness (QED) is 0.238. The summed E-state index contributed by atoms with van der Waals surface area (Å²) >= 11 is 0. The van der Waals surface area contributed by atoms with E-state index in [1.165, 1.54) is 24.3 Å². The lowest BCUT2D eigenvalue weighted by molar-refractivity contribution is 0.131. The molecule has 180 valence electrons. The highest BCUT2D eigenvalue weighted by molar-refractivity contribution is 5.66. The van der Waals surface area contributed by atoms with Crippen molar-refractivity contribution in [1.82, 2.24) is 0 Å². The van der Waals surface area contributed by atoms with Crippen LogP contribution in [0.5, 0.6) is 5.75 Å². The van der Waals surface area contributed by atoms with Crippen LogP contribution in [-0.2, 0) is 18.0 Å². The minimum Gasteiger partial charge on any atom is -0.489 e. The van der Waals surface area contributed by atoms with Crippen molar-refractivity contribution in [1.29, 1.82) is 0 Å². The van der Waals surface area contributed by atoms with Crippen LogP contribution in [0.1, 0.15) is 23.6 Å². The molecule has 0 fully saturated rings. The molecule has 0 saturated heterocycles. The minimum atomic E-state index is -0.968. The van der Waals surface area contributed by atoms with E-state index in [2.05, 4.69) is 0 Å². The van der Waals surface area contributed by atoms with Crippen LogP contribution in [0.15, 0.2) is 72.8 Å². The van der Waals surface area contributed by atoms with Gasteiger partial charge in [-0.15, -0.1) is 0 Å². The van der Waals surface area contributed by atoms with E-state index in [9.17, 15) is 17.6 Å². The van der Waals surface area contributed by atoms with Gasteiger partial charge < -0.3 is 9.47 Å². The van der Waals surface area contributed by atoms with E-state index in [0.29, 0.717) is 23.5 Å². The second-order valence-corrected chi connectivity index (χ2v) is 8.12. The van der Waals surface area contributed by atoms with E-state index in [1.54, 1.807) is 43.3 Å². The first-order chi connectivity index (χ1) is 16.9. The monoisotopic (exact) mass is 480 g/mol. The van der Waals surface area contributed by atoms with E-state index >= 15 is 0 Å². The Morgan fingerprint density at radius 1 is 0.571 bits per heavy atom. The molecule has 0 aliphatic heterocycles. The van der Waals surface area contributed by atoms with Crippen molar-refractivity contribution in [2.75, 3.05) is 6.61 Å². The number of hydrogen-bond donors (Lipinski definition) is 0. The lowest BCUT2D eigenvalue weighted by Crippen LogP contribution is -2.02. The minimum absolute atomic E-state index is 0.00450. The van der Waals surface area contributed by atoms with Gasteiger partial charge in [0.1, 0.15) is 12.4 Å². The van der Waals surface area contributed by atoms with Crippen molar-refractivity contribution in [3.63, 3.8) is 0 Å². The van der Waals surface area contributed by atoms with E-state index in [1.807, 2.05) is 19.1 Å². The third-order valence-electron chi connectivity index (χ3n) is 5.71. The Kier molecular flexibility index (Phi) is 7.51. The summed E-state index contributed by atoms with van der Waals surface area (Å²) in [4.78, 5) is 0. The van der Waals surface area contributed by atoms with Crippen molar-refractivity contribution in [3.05, 3.63) is 113 Å². The largest absolute Gasteiger partial charge is 0.489 e. The van der Waals surface area contributed by atoms with Gasteiger partial charge in [0.15, 0.2) is 23.3 Å². The second-order valence-electron chi connectivity index (χ2n) is 8.12. The van der Waals surface area contributed by atoms with Crippen molar-refractivity contribution in [3.8, 4) is 28.0 Å². The fraction of sp³-hybridized carbons (Fsp3) is 0.172. The summed E-state index contributed by atoms with van der Waals surface area (Å²) in [5.74, 6) is -3.42. The molecule has 0 spiro atoms. The summed E-state index contributed by atoms with van der Waals surface area (Å²) in [6.45, 7) is 3.90. The van der Waals surface area contributed by atoms with E-state index < -0.39 is 23.3 Å². The molecule has 4 rings (SSSR count). The van der Waals surface area contributed by atoms with Gasteiger partial charge in [-0.05, 0) is 37.1 Å². The Morgan fingerprint density at radius 2 is 1.06 bits per heavy atom. The van der Waals surface area contributed by atoms with Crippen LogP contribution < -0.4 is 4.74 Å². The maximum Gasteiger partial charge on any atom is 0.167 e. The van der Waals surface area contributed by atoms with Crippen molar-refractivity contribution in [2.24, 2.45) is 0 Å². The highest BCUT2D eigenvalue weighted by Crippen LogP contribution is 2.30. The van der Waals surface area contributed by atoms with Gasteiger partial charge in [-0.2, -0.15) is 0 Å². The van der Waals surface area contributed by atoms with Crippen molar-refractivity contribution < 1.29 is 27.0 Å². The molecule has 0 N–H and O–H groups in total. The Bertz CT molecular complexity index is 1320. The van der Waals surface area contributed by atoms with E-state index in [4.69, 9.17) is 9.47 Å². The van der Waals surface area contributed by atoms with Gasteiger partial charge in [0.2, 0.25) is 0 Å². The SMILES string of the molecule is CCOCc1ccc(-c2ccc(OCc3ccc(-c4ccc(C)cc4)c(F)c3F)cc2)c(F)c1F. The molecular formula is C29H24F4O2. The lowest BCUT2D eigenvalue weighted by atomic mass is 10.0. The third-order valence-corrected chi connectivity index (χ3v) is 5.71. The molecule has 0 aromatic heterocycles. The molecule has 4 aromatic carbocycles. The zero-order chi connectivity index (χ0) is 24.9. The summed E-state index contributed by atoms with van der Waals surface area (Å²) in [5.41, 5.74) is 2.57. The fourth-order valence-corrected chi connectivity index (χ4v) is 3.68. The average Bonchev–Trinajstić information content (AvgIpc) is 2.87. The first kappa shape index (κ1) is 24.5. The van der Waals surface area contributed by atoms with E-state index in [0.717, 1.165) is 5.56 Å².